The van der Waals surface area contributed by atoms with Crippen molar-refractivity contribution < 1.29 is 14.3 Å². The average molecular weight is 338 g/mol. The first-order valence-electron chi connectivity index (χ1n) is 8.77. The minimum absolute atomic E-state index is 0.0393. The lowest BCUT2D eigenvalue weighted by molar-refractivity contribution is -0.181. The second kappa shape index (κ2) is 6.58. The standard InChI is InChI=1S/C20H22N2O3/c1-15-17(7-8-18(21-15)16-5-3-2-4-6-16)19(23)22-11-9-20(10-12-22)24-13-14-25-20/h2-8H,9-14H2,1H3. The number of piperidine rings is 1. The summed E-state index contributed by atoms with van der Waals surface area (Å²) in [6, 6.07) is 13.8. The lowest BCUT2D eigenvalue weighted by atomic mass is 10.0. The molecule has 0 atom stereocenters. The minimum atomic E-state index is -0.457. The number of benzene rings is 1. The molecule has 130 valence electrons. The van der Waals surface area contributed by atoms with Gasteiger partial charge in [0.25, 0.3) is 5.91 Å². The Kier molecular flexibility index (Phi) is 4.27. The summed E-state index contributed by atoms with van der Waals surface area (Å²) in [6.07, 6.45) is 1.46. The van der Waals surface area contributed by atoms with Gasteiger partial charge in [-0.15, -0.1) is 0 Å². The molecule has 0 radical (unpaired) electrons. The maximum atomic E-state index is 12.9. The molecule has 1 amide bonds. The molecular formula is C20H22N2O3. The normalized spacial score (nSPS) is 19.3. The van der Waals surface area contributed by atoms with Gasteiger partial charge >= 0.3 is 0 Å². The molecule has 2 saturated heterocycles. The zero-order valence-corrected chi connectivity index (χ0v) is 14.4. The maximum absolute atomic E-state index is 12.9. The first kappa shape index (κ1) is 16.2. The molecule has 1 spiro atoms. The molecule has 5 heteroatoms. The third kappa shape index (κ3) is 3.17. The second-order valence-electron chi connectivity index (χ2n) is 6.60. The molecule has 0 N–H and O–H groups in total. The number of carbonyl (C=O) groups excluding carboxylic acids is 1. The molecule has 0 unspecified atom stereocenters. The Labute approximate surface area is 147 Å². The fraction of sp³-hybridized carbons (Fsp3) is 0.400. The molecule has 4 rings (SSSR count). The van der Waals surface area contributed by atoms with Gasteiger partial charge in [0, 0.05) is 31.5 Å². The van der Waals surface area contributed by atoms with Crippen LogP contribution in [0.15, 0.2) is 42.5 Å². The molecule has 25 heavy (non-hydrogen) atoms. The third-order valence-corrected chi connectivity index (χ3v) is 5.01. The van der Waals surface area contributed by atoms with Gasteiger partial charge in [-0.2, -0.15) is 0 Å². The molecular weight excluding hydrogens is 316 g/mol. The highest BCUT2D eigenvalue weighted by molar-refractivity contribution is 5.95. The van der Waals surface area contributed by atoms with E-state index in [-0.39, 0.29) is 5.91 Å². The Morgan fingerprint density at radius 2 is 1.72 bits per heavy atom. The number of likely N-dealkylation sites (tertiary alicyclic amines) is 1. The number of nitrogens with zero attached hydrogens (tertiary/aromatic N) is 2. The summed E-state index contributed by atoms with van der Waals surface area (Å²) in [4.78, 5) is 19.4. The molecule has 0 bridgehead atoms. The molecule has 2 fully saturated rings. The van der Waals surface area contributed by atoms with Crippen LogP contribution in [0, 0.1) is 6.92 Å². The molecule has 0 saturated carbocycles. The molecule has 2 aromatic rings. The van der Waals surface area contributed by atoms with Crippen molar-refractivity contribution >= 4 is 5.91 Å². The van der Waals surface area contributed by atoms with Crippen molar-refractivity contribution in [3.05, 3.63) is 53.7 Å². The molecule has 3 heterocycles. The van der Waals surface area contributed by atoms with E-state index in [1.807, 2.05) is 54.3 Å². The van der Waals surface area contributed by atoms with Crippen molar-refractivity contribution in [1.29, 1.82) is 0 Å². The van der Waals surface area contributed by atoms with Crippen LogP contribution in [-0.4, -0.2) is 47.9 Å². The van der Waals surface area contributed by atoms with Gasteiger partial charge in [0.15, 0.2) is 5.79 Å². The van der Waals surface area contributed by atoms with Crippen molar-refractivity contribution in [3.63, 3.8) is 0 Å². The fourth-order valence-electron chi connectivity index (χ4n) is 3.56. The Morgan fingerprint density at radius 3 is 2.36 bits per heavy atom. The van der Waals surface area contributed by atoms with Crippen molar-refractivity contribution in [2.45, 2.75) is 25.6 Å². The van der Waals surface area contributed by atoms with Crippen LogP contribution >= 0.6 is 0 Å². The number of hydrogen-bond donors (Lipinski definition) is 0. The Morgan fingerprint density at radius 1 is 1.04 bits per heavy atom. The van der Waals surface area contributed by atoms with E-state index in [9.17, 15) is 4.79 Å². The van der Waals surface area contributed by atoms with Gasteiger partial charge in [-0.05, 0) is 19.1 Å². The second-order valence-corrected chi connectivity index (χ2v) is 6.60. The van der Waals surface area contributed by atoms with Crippen LogP contribution in [0.2, 0.25) is 0 Å². The van der Waals surface area contributed by atoms with E-state index < -0.39 is 5.79 Å². The summed E-state index contributed by atoms with van der Waals surface area (Å²) in [5.74, 6) is -0.418. The predicted octanol–water partition coefficient (Wildman–Crippen LogP) is 3.04. The van der Waals surface area contributed by atoms with Crippen molar-refractivity contribution in [1.82, 2.24) is 9.88 Å². The highest BCUT2D eigenvalue weighted by atomic mass is 16.7. The topological polar surface area (TPSA) is 51.7 Å². The summed E-state index contributed by atoms with van der Waals surface area (Å²) in [7, 11) is 0. The van der Waals surface area contributed by atoms with Gasteiger partial charge in [0.05, 0.1) is 30.2 Å². The lowest BCUT2D eigenvalue weighted by Gasteiger charge is -2.37. The molecule has 1 aromatic heterocycles. The number of carbonyl (C=O) groups is 1. The van der Waals surface area contributed by atoms with E-state index in [0.29, 0.717) is 31.9 Å². The number of rotatable bonds is 2. The van der Waals surface area contributed by atoms with Crippen LogP contribution in [0.5, 0.6) is 0 Å². The van der Waals surface area contributed by atoms with Gasteiger partial charge in [0.2, 0.25) is 0 Å². The van der Waals surface area contributed by atoms with E-state index in [4.69, 9.17) is 9.47 Å². The van der Waals surface area contributed by atoms with Gasteiger partial charge in [-0.25, -0.2) is 0 Å². The highest BCUT2D eigenvalue weighted by Gasteiger charge is 2.41. The van der Waals surface area contributed by atoms with Crippen molar-refractivity contribution in [3.8, 4) is 11.3 Å². The van der Waals surface area contributed by atoms with E-state index >= 15 is 0 Å². The van der Waals surface area contributed by atoms with E-state index in [1.54, 1.807) is 0 Å². The van der Waals surface area contributed by atoms with Crippen LogP contribution in [-0.2, 0) is 9.47 Å². The number of aromatic nitrogens is 1. The zero-order valence-electron chi connectivity index (χ0n) is 14.4. The van der Waals surface area contributed by atoms with E-state index in [2.05, 4.69) is 4.98 Å². The average Bonchev–Trinajstić information content (AvgIpc) is 3.10. The van der Waals surface area contributed by atoms with Crippen LogP contribution in [0.3, 0.4) is 0 Å². The quantitative estimate of drug-likeness (QED) is 0.844. The predicted molar refractivity (Wildman–Crippen MR) is 94.2 cm³/mol. The highest BCUT2D eigenvalue weighted by Crippen LogP contribution is 2.32. The summed E-state index contributed by atoms with van der Waals surface area (Å²) in [6.45, 7) is 4.50. The maximum Gasteiger partial charge on any atom is 0.255 e. The van der Waals surface area contributed by atoms with Crippen molar-refractivity contribution in [2.24, 2.45) is 0 Å². The smallest absolute Gasteiger partial charge is 0.255 e. The molecule has 2 aliphatic heterocycles. The largest absolute Gasteiger partial charge is 0.347 e. The van der Waals surface area contributed by atoms with Crippen LogP contribution in [0.1, 0.15) is 28.9 Å². The summed E-state index contributed by atoms with van der Waals surface area (Å²) in [5, 5.41) is 0. The van der Waals surface area contributed by atoms with Crippen LogP contribution in [0.4, 0.5) is 0 Å². The van der Waals surface area contributed by atoms with Gasteiger partial charge < -0.3 is 14.4 Å². The molecule has 1 aromatic carbocycles. The Bertz CT molecular complexity index is 760. The summed E-state index contributed by atoms with van der Waals surface area (Å²) in [5.41, 5.74) is 3.38. The first-order chi connectivity index (χ1) is 12.2. The SMILES string of the molecule is Cc1nc(-c2ccccc2)ccc1C(=O)N1CCC2(CC1)OCCO2. The third-order valence-electron chi connectivity index (χ3n) is 5.01. The van der Waals surface area contributed by atoms with Crippen LogP contribution in [0.25, 0.3) is 11.3 Å². The number of ether oxygens (including phenoxy) is 2. The van der Waals surface area contributed by atoms with Gasteiger partial charge in [-0.3, -0.25) is 9.78 Å². The number of aryl methyl sites for hydroxylation is 1. The van der Waals surface area contributed by atoms with Crippen molar-refractivity contribution in [2.75, 3.05) is 26.3 Å². The number of pyridine rings is 1. The van der Waals surface area contributed by atoms with Gasteiger partial charge in [0.1, 0.15) is 0 Å². The summed E-state index contributed by atoms with van der Waals surface area (Å²) < 4.78 is 11.5. The van der Waals surface area contributed by atoms with Gasteiger partial charge in [-0.1, -0.05) is 30.3 Å². The van der Waals surface area contributed by atoms with E-state index in [0.717, 1.165) is 29.8 Å². The monoisotopic (exact) mass is 338 g/mol. The Hall–Kier alpha value is -2.24. The van der Waals surface area contributed by atoms with Crippen LogP contribution < -0.4 is 0 Å². The number of hydrogen-bond acceptors (Lipinski definition) is 4. The van der Waals surface area contributed by atoms with E-state index in [1.165, 1.54) is 0 Å². The Balaban J connectivity index is 1.49. The number of amides is 1. The zero-order chi connectivity index (χ0) is 17.3. The molecule has 2 aliphatic rings. The molecule has 0 aliphatic carbocycles. The minimum Gasteiger partial charge on any atom is -0.347 e. The molecule has 5 nitrogen and oxygen atoms in total. The lowest BCUT2D eigenvalue weighted by Crippen LogP contribution is -2.47. The summed E-state index contributed by atoms with van der Waals surface area (Å²) >= 11 is 0. The fourth-order valence-corrected chi connectivity index (χ4v) is 3.56. The first-order valence-corrected chi connectivity index (χ1v) is 8.77.